The third-order valence-corrected chi connectivity index (χ3v) is 5.42. The van der Waals surface area contributed by atoms with Gasteiger partial charge in [0.25, 0.3) is 5.91 Å². The molecule has 3 aromatic rings. The lowest BCUT2D eigenvalue weighted by molar-refractivity contribution is 0.0323. The summed E-state index contributed by atoms with van der Waals surface area (Å²) in [6.07, 6.45) is 0. The number of morpholine rings is 1. The fourth-order valence-electron chi connectivity index (χ4n) is 3.86. The Morgan fingerprint density at radius 3 is 2.52 bits per heavy atom. The number of nitrogens with one attached hydrogen (secondary N) is 1. The van der Waals surface area contributed by atoms with E-state index < -0.39 is 0 Å². The van der Waals surface area contributed by atoms with Crippen LogP contribution in [0.1, 0.15) is 31.1 Å². The molecule has 1 fully saturated rings. The lowest BCUT2D eigenvalue weighted by Gasteiger charge is -2.26. The maximum Gasteiger partial charge on any atom is 0.255 e. The van der Waals surface area contributed by atoms with Crippen LogP contribution in [0.3, 0.4) is 0 Å². The van der Waals surface area contributed by atoms with E-state index in [0.29, 0.717) is 17.9 Å². The van der Waals surface area contributed by atoms with Crippen LogP contribution in [0.2, 0.25) is 0 Å². The minimum atomic E-state index is -0.330. The van der Waals surface area contributed by atoms with Crippen LogP contribution in [0.25, 0.3) is 10.8 Å². The molecule has 0 unspecified atom stereocenters. The molecule has 0 radical (unpaired) electrons. The van der Waals surface area contributed by atoms with E-state index in [1.165, 1.54) is 0 Å². The number of ether oxygens (including phenoxy) is 3. The molecular weight excluding hydrogens is 416 g/mol. The molecule has 1 aliphatic heterocycles. The summed E-state index contributed by atoms with van der Waals surface area (Å²) < 4.78 is 17.4. The fraction of sp³-hybridized carbons (Fsp3) is 0.370. The second-order valence-corrected chi connectivity index (χ2v) is 9.16. The van der Waals surface area contributed by atoms with E-state index >= 15 is 0 Å². The van der Waals surface area contributed by atoms with Gasteiger partial charge in [0, 0.05) is 41.7 Å². The highest BCUT2D eigenvalue weighted by atomic mass is 16.5. The summed E-state index contributed by atoms with van der Waals surface area (Å²) in [5.41, 5.74) is 0.966. The Bertz CT molecular complexity index is 1100. The normalized spacial score (nSPS) is 14.8. The molecule has 0 atom stereocenters. The Balaban J connectivity index is 1.48. The maximum absolute atomic E-state index is 13.0. The van der Waals surface area contributed by atoms with Crippen LogP contribution in [-0.2, 0) is 4.74 Å². The first-order chi connectivity index (χ1) is 15.9. The molecule has 1 heterocycles. The predicted octanol–water partition coefficient (Wildman–Crippen LogP) is 4.98. The van der Waals surface area contributed by atoms with Crippen molar-refractivity contribution in [3.63, 3.8) is 0 Å². The largest absolute Gasteiger partial charge is 0.492 e. The molecule has 1 aliphatic rings. The smallest absolute Gasteiger partial charge is 0.255 e. The third kappa shape index (κ3) is 6.24. The van der Waals surface area contributed by atoms with E-state index in [1.54, 1.807) is 12.1 Å². The molecule has 4 rings (SSSR count). The van der Waals surface area contributed by atoms with E-state index in [4.69, 9.17) is 14.2 Å². The van der Waals surface area contributed by atoms with Gasteiger partial charge in [-0.25, -0.2) is 0 Å². The van der Waals surface area contributed by atoms with Crippen molar-refractivity contribution in [1.82, 2.24) is 4.90 Å². The molecular formula is C27H32N2O4. The molecule has 0 bridgehead atoms. The van der Waals surface area contributed by atoms with Crippen LogP contribution in [0.4, 0.5) is 5.69 Å². The Hall–Kier alpha value is -3.09. The van der Waals surface area contributed by atoms with Crippen molar-refractivity contribution in [2.24, 2.45) is 0 Å². The molecule has 33 heavy (non-hydrogen) atoms. The predicted molar refractivity (Wildman–Crippen MR) is 131 cm³/mol. The summed E-state index contributed by atoms with van der Waals surface area (Å²) in [5.74, 6) is 1.31. The van der Waals surface area contributed by atoms with Crippen LogP contribution in [0.15, 0.2) is 60.7 Å². The molecule has 1 saturated heterocycles. The first-order valence-electron chi connectivity index (χ1n) is 11.4. The Kier molecular flexibility index (Phi) is 7.16. The van der Waals surface area contributed by atoms with Crippen molar-refractivity contribution in [1.29, 1.82) is 0 Å². The molecule has 6 heteroatoms. The van der Waals surface area contributed by atoms with Crippen molar-refractivity contribution >= 4 is 22.4 Å². The van der Waals surface area contributed by atoms with Crippen LogP contribution in [-0.4, -0.2) is 55.9 Å². The Morgan fingerprint density at radius 2 is 1.76 bits per heavy atom. The number of rotatable bonds is 7. The molecule has 1 amide bonds. The molecule has 3 aromatic carbocycles. The van der Waals surface area contributed by atoms with Crippen molar-refractivity contribution in [3.8, 4) is 11.5 Å². The average molecular weight is 449 g/mol. The first kappa shape index (κ1) is 23.1. The van der Waals surface area contributed by atoms with E-state index in [-0.39, 0.29) is 11.5 Å². The van der Waals surface area contributed by atoms with Gasteiger partial charge in [-0.1, -0.05) is 30.3 Å². The van der Waals surface area contributed by atoms with Gasteiger partial charge >= 0.3 is 0 Å². The van der Waals surface area contributed by atoms with E-state index in [9.17, 15) is 4.79 Å². The number of hydrogen-bond donors (Lipinski definition) is 1. The van der Waals surface area contributed by atoms with E-state index in [0.717, 1.165) is 55.1 Å². The number of hydrogen-bond acceptors (Lipinski definition) is 5. The number of amides is 1. The molecule has 0 aromatic heterocycles. The summed E-state index contributed by atoms with van der Waals surface area (Å²) in [6, 6.07) is 19.0. The number of fused-ring (bicyclic) bond motifs is 1. The van der Waals surface area contributed by atoms with Crippen LogP contribution in [0.5, 0.6) is 11.5 Å². The zero-order valence-corrected chi connectivity index (χ0v) is 19.6. The summed E-state index contributed by atoms with van der Waals surface area (Å²) in [5, 5.41) is 4.97. The van der Waals surface area contributed by atoms with Crippen LogP contribution >= 0.6 is 0 Å². The molecule has 0 saturated carbocycles. The van der Waals surface area contributed by atoms with Crippen molar-refractivity contribution in [2.45, 2.75) is 26.4 Å². The first-order valence-corrected chi connectivity index (χ1v) is 11.4. The van der Waals surface area contributed by atoms with Gasteiger partial charge in [-0.3, -0.25) is 9.69 Å². The van der Waals surface area contributed by atoms with E-state index in [1.807, 2.05) is 69.3 Å². The second kappa shape index (κ2) is 10.2. The standard InChI is InChI=1S/C27H32N2O4/c1-27(2,3)33-21-8-6-7-20(19-21)26(30)28-24-11-12-25(23-10-5-4-9-22(23)24)32-18-15-29-13-16-31-17-14-29/h4-12,19H,13-18H2,1-3H3,(H,28,30). The van der Waals surface area contributed by atoms with Crippen molar-refractivity contribution < 1.29 is 19.0 Å². The number of carbonyl (C=O) groups excluding carboxylic acids is 1. The SMILES string of the molecule is CC(C)(C)Oc1cccc(C(=O)Nc2ccc(OCCN3CCOCC3)c3ccccc23)c1. The Morgan fingerprint density at radius 1 is 1.00 bits per heavy atom. The fourth-order valence-corrected chi connectivity index (χ4v) is 3.86. The summed E-state index contributed by atoms with van der Waals surface area (Å²) >= 11 is 0. The van der Waals surface area contributed by atoms with Gasteiger partial charge in [-0.2, -0.15) is 0 Å². The Labute approximate surface area is 195 Å². The van der Waals surface area contributed by atoms with Gasteiger partial charge in [-0.05, 0) is 51.1 Å². The van der Waals surface area contributed by atoms with Gasteiger partial charge < -0.3 is 19.5 Å². The second-order valence-electron chi connectivity index (χ2n) is 9.16. The zero-order chi connectivity index (χ0) is 23.3. The minimum Gasteiger partial charge on any atom is -0.492 e. The molecule has 174 valence electrons. The topological polar surface area (TPSA) is 60.0 Å². The third-order valence-electron chi connectivity index (χ3n) is 5.42. The quantitative estimate of drug-likeness (QED) is 0.552. The minimum absolute atomic E-state index is 0.180. The highest BCUT2D eigenvalue weighted by Crippen LogP contribution is 2.32. The molecule has 0 aliphatic carbocycles. The summed E-state index contributed by atoms with van der Waals surface area (Å²) in [7, 11) is 0. The molecule has 1 N–H and O–H groups in total. The van der Waals surface area contributed by atoms with Gasteiger partial charge in [-0.15, -0.1) is 0 Å². The lowest BCUT2D eigenvalue weighted by Crippen LogP contribution is -2.38. The maximum atomic E-state index is 13.0. The lowest BCUT2D eigenvalue weighted by atomic mass is 10.1. The van der Waals surface area contributed by atoms with Gasteiger partial charge in [0.05, 0.1) is 13.2 Å². The van der Waals surface area contributed by atoms with Gasteiger partial charge in [0.2, 0.25) is 0 Å². The summed E-state index contributed by atoms with van der Waals surface area (Å²) in [4.78, 5) is 15.3. The van der Waals surface area contributed by atoms with Crippen LogP contribution < -0.4 is 14.8 Å². The van der Waals surface area contributed by atoms with Crippen LogP contribution in [0, 0.1) is 0 Å². The number of nitrogens with zero attached hydrogens (tertiary/aromatic N) is 1. The molecule has 0 spiro atoms. The van der Waals surface area contributed by atoms with Crippen molar-refractivity contribution in [2.75, 3.05) is 44.8 Å². The monoisotopic (exact) mass is 448 g/mol. The summed E-state index contributed by atoms with van der Waals surface area (Å²) in [6.45, 7) is 10.9. The van der Waals surface area contributed by atoms with E-state index in [2.05, 4.69) is 10.2 Å². The number of carbonyl (C=O) groups is 1. The highest BCUT2D eigenvalue weighted by Gasteiger charge is 2.15. The molecule has 6 nitrogen and oxygen atoms in total. The average Bonchev–Trinajstić information content (AvgIpc) is 2.80. The number of benzene rings is 3. The number of anilines is 1. The van der Waals surface area contributed by atoms with Gasteiger partial charge in [0.15, 0.2) is 0 Å². The zero-order valence-electron chi connectivity index (χ0n) is 19.6. The van der Waals surface area contributed by atoms with Crippen molar-refractivity contribution in [3.05, 3.63) is 66.2 Å². The van der Waals surface area contributed by atoms with Gasteiger partial charge in [0.1, 0.15) is 23.7 Å². The highest BCUT2D eigenvalue weighted by molar-refractivity contribution is 6.10.